The van der Waals surface area contributed by atoms with Gasteiger partial charge in [-0.1, -0.05) is 36.7 Å². The SMILES string of the molecule is C#CC(=O)NC1=C(N2CCCN(C3CC3)CC2)C(C)[C@H](OC)C(c2cc(=C)n3ccnc3c(-c3c(Cl)c(OC)cc(OC)c3Cl)ccn2)=C1. The lowest BCUT2D eigenvalue weighted by molar-refractivity contribution is -0.115. The second kappa shape index (κ2) is 14.7. The molecule has 2 aliphatic carbocycles. The maximum absolute atomic E-state index is 12.7. The zero-order chi connectivity index (χ0) is 34.8. The van der Waals surface area contributed by atoms with Gasteiger partial charge in [-0.15, -0.1) is 6.42 Å². The summed E-state index contributed by atoms with van der Waals surface area (Å²) in [6.07, 6.45) is 15.8. The molecule has 3 heterocycles. The summed E-state index contributed by atoms with van der Waals surface area (Å²) in [6.45, 7) is 10.2. The first-order valence-corrected chi connectivity index (χ1v) is 17.0. The number of benzene rings is 1. The predicted octanol–water partition coefficient (Wildman–Crippen LogP) is 5.15. The second-order valence-corrected chi connectivity index (χ2v) is 13.1. The van der Waals surface area contributed by atoms with E-state index in [1.807, 2.05) is 16.5 Å². The van der Waals surface area contributed by atoms with Crippen molar-refractivity contribution in [3.05, 3.63) is 75.3 Å². The van der Waals surface area contributed by atoms with Crippen molar-refractivity contribution >= 4 is 46.9 Å². The van der Waals surface area contributed by atoms with Crippen LogP contribution in [0, 0.1) is 18.3 Å². The summed E-state index contributed by atoms with van der Waals surface area (Å²) in [5, 5.41) is 4.16. The first kappa shape index (κ1) is 34.6. The number of hydrogen-bond acceptors (Lipinski definition) is 8. The number of carbonyl (C=O) groups excluding carboxylic acids is 1. The first-order valence-electron chi connectivity index (χ1n) is 16.3. The summed E-state index contributed by atoms with van der Waals surface area (Å²) in [4.78, 5) is 27.2. The van der Waals surface area contributed by atoms with Gasteiger partial charge in [-0.3, -0.25) is 14.7 Å². The molecular weight excluding hydrogens is 663 g/mol. The highest BCUT2D eigenvalue weighted by atomic mass is 35.5. The number of fused-ring (bicyclic) bond motifs is 1. The molecule has 1 aliphatic heterocycles. The normalized spacial score (nSPS) is 19.9. The number of nitrogens with one attached hydrogen (secondary N) is 1. The monoisotopic (exact) mass is 702 g/mol. The third-order valence-corrected chi connectivity index (χ3v) is 10.2. The van der Waals surface area contributed by atoms with E-state index in [2.05, 4.69) is 39.5 Å². The Bertz CT molecular complexity index is 1950. The molecule has 1 aromatic carbocycles. The fraction of sp³-hybridized carbons (Fsp3) is 0.378. The Hall–Kier alpha value is -4.27. The molecule has 10 nitrogen and oxygen atoms in total. The van der Waals surface area contributed by atoms with E-state index >= 15 is 0 Å². The second-order valence-electron chi connectivity index (χ2n) is 12.3. The lowest BCUT2D eigenvalue weighted by Gasteiger charge is -2.38. The Balaban J connectivity index is 1.53. The quantitative estimate of drug-likeness (QED) is 0.322. The van der Waals surface area contributed by atoms with Crippen molar-refractivity contribution < 1.29 is 19.0 Å². The topological polar surface area (TPSA) is 93.5 Å². The third-order valence-electron chi connectivity index (χ3n) is 9.42. The van der Waals surface area contributed by atoms with Crippen molar-refractivity contribution in [2.75, 3.05) is 47.5 Å². The van der Waals surface area contributed by atoms with Crippen LogP contribution >= 0.6 is 23.2 Å². The van der Waals surface area contributed by atoms with Gasteiger partial charge in [0.15, 0.2) is 0 Å². The largest absolute Gasteiger partial charge is 0.495 e. The number of allylic oxidation sites excluding steroid dienone is 1. The average Bonchev–Trinajstić information content (AvgIpc) is 3.86. The number of halogens is 2. The minimum Gasteiger partial charge on any atom is -0.495 e. The molecule has 256 valence electrons. The molecule has 1 amide bonds. The molecule has 2 atom stereocenters. The van der Waals surface area contributed by atoms with Crippen LogP contribution in [0.4, 0.5) is 0 Å². The molecule has 0 radical (unpaired) electrons. The van der Waals surface area contributed by atoms with Gasteiger partial charge in [0.2, 0.25) is 0 Å². The van der Waals surface area contributed by atoms with Gasteiger partial charge in [0.1, 0.15) is 17.1 Å². The van der Waals surface area contributed by atoms with Gasteiger partial charge in [-0.05, 0) is 43.4 Å². The Morgan fingerprint density at radius 3 is 2.43 bits per heavy atom. The number of imidazole rings is 1. The Morgan fingerprint density at radius 2 is 1.78 bits per heavy atom. The van der Waals surface area contributed by atoms with Crippen molar-refractivity contribution in [1.29, 1.82) is 0 Å². The highest BCUT2D eigenvalue weighted by molar-refractivity contribution is 6.41. The van der Waals surface area contributed by atoms with Gasteiger partial charge in [-0.2, -0.15) is 0 Å². The van der Waals surface area contributed by atoms with E-state index in [4.69, 9.17) is 48.8 Å². The predicted molar refractivity (Wildman–Crippen MR) is 193 cm³/mol. The molecule has 1 saturated heterocycles. The van der Waals surface area contributed by atoms with Gasteiger partial charge in [-0.25, -0.2) is 4.98 Å². The number of ether oxygens (including phenoxy) is 3. The van der Waals surface area contributed by atoms with Crippen molar-refractivity contribution in [1.82, 2.24) is 29.5 Å². The smallest absolute Gasteiger partial charge is 0.300 e. The Morgan fingerprint density at radius 1 is 1.04 bits per heavy atom. The summed E-state index contributed by atoms with van der Waals surface area (Å²) in [7, 11) is 4.74. The van der Waals surface area contributed by atoms with Crippen LogP contribution in [0.2, 0.25) is 10.0 Å². The van der Waals surface area contributed by atoms with Crippen LogP contribution in [0.25, 0.3) is 28.9 Å². The highest BCUT2D eigenvalue weighted by Gasteiger charge is 2.37. The van der Waals surface area contributed by atoms with Gasteiger partial charge in [0, 0.05) is 97.7 Å². The first-order chi connectivity index (χ1) is 23.7. The molecule has 49 heavy (non-hydrogen) atoms. The van der Waals surface area contributed by atoms with Crippen LogP contribution in [-0.4, -0.2) is 89.7 Å². The van der Waals surface area contributed by atoms with E-state index < -0.39 is 12.0 Å². The maximum atomic E-state index is 12.7. The minimum atomic E-state index is -0.518. The van der Waals surface area contributed by atoms with Crippen LogP contribution in [0.3, 0.4) is 0 Å². The molecule has 1 N–H and O–H groups in total. The van der Waals surface area contributed by atoms with Gasteiger partial charge in [0.25, 0.3) is 5.91 Å². The van der Waals surface area contributed by atoms with E-state index in [1.165, 1.54) is 27.1 Å². The fourth-order valence-electron chi connectivity index (χ4n) is 6.96. The number of aromatic nitrogens is 3. The van der Waals surface area contributed by atoms with E-state index in [9.17, 15) is 4.79 Å². The van der Waals surface area contributed by atoms with Crippen LogP contribution in [0.5, 0.6) is 11.5 Å². The van der Waals surface area contributed by atoms with Crippen LogP contribution < -0.4 is 20.1 Å². The lowest BCUT2D eigenvalue weighted by atomic mass is 9.85. The minimum absolute atomic E-state index is 0.140. The van der Waals surface area contributed by atoms with E-state index in [1.54, 1.807) is 37.8 Å². The standard InChI is InChI=1S/C37H40Cl2N6O4/c1-7-31(46)42-28-20-26(36(49-6)23(3)35(28)44-15-8-14-43(17-18-44)24-9-10-24)27-19-22(2)45-16-13-41-37(45)25(11-12-40-27)32-33(38)29(47-4)21-30(48-5)34(32)39/h1,11-13,16,19-21,23-24,36H,2,8-10,14-15,17-18H2,3-6H3,(H,42,46)/t23?,36-/m0/s1. The van der Waals surface area contributed by atoms with Crippen molar-refractivity contribution in [2.24, 2.45) is 5.92 Å². The highest BCUT2D eigenvalue weighted by Crippen LogP contribution is 2.46. The number of hydrogen-bond donors (Lipinski definition) is 1. The van der Waals surface area contributed by atoms with Crippen LogP contribution in [0.15, 0.2) is 54.3 Å². The van der Waals surface area contributed by atoms with E-state index in [-0.39, 0.29) is 5.92 Å². The molecule has 2 fully saturated rings. The van der Waals surface area contributed by atoms with Gasteiger partial charge >= 0.3 is 0 Å². The molecule has 0 bridgehead atoms. The van der Waals surface area contributed by atoms with Gasteiger partial charge < -0.3 is 28.8 Å². The summed E-state index contributed by atoms with van der Waals surface area (Å²) >= 11 is 13.7. The summed E-state index contributed by atoms with van der Waals surface area (Å²) < 4.78 is 19.1. The molecular formula is C37H40Cl2N6O4. The van der Waals surface area contributed by atoms with Crippen molar-refractivity contribution in [2.45, 2.75) is 38.3 Å². The summed E-state index contributed by atoms with van der Waals surface area (Å²) in [5.41, 5.74) is 4.57. The summed E-state index contributed by atoms with van der Waals surface area (Å²) in [6, 6.07) is 5.99. The molecule has 3 aliphatic rings. The maximum Gasteiger partial charge on any atom is 0.300 e. The third kappa shape index (κ3) is 6.81. The molecule has 1 unspecified atom stereocenters. The van der Waals surface area contributed by atoms with E-state index in [0.717, 1.165) is 43.9 Å². The van der Waals surface area contributed by atoms with Crippen LogP contribution in [0.1, 0.15) is 31.9 Å². The Labute approximate surface area is 296 Å². The van der Waals surface area contributed by atoms with Crippen molar-refractivity contribution in [3.63, 3.8) is 0 Å². The zero-order valence-electron chi connectivity index (χ0n) is 28.1. The molecule has 12 heteroatoms. The fourth-order valence-corrected chi connectivity index (χ4v) is 7.67. The molecule has 0 spiro atoms. The number of terminal acetylenes is 1. The van der Waals surface area contributed by atoms with Gasteiger partial charge in [0.05, 0.1) is 41.8 Å². The summed E-state index contributed by atoms with van der Waals surface area (Å²) in [5.74, 6) is 2.34. The average molecular weight is 704 g/mol. The zero-order valence-corrected chi connectivity index (χ0v) is 29.6. The van der Waals surface area contributed by atoms with Crippen molar-refractivity contribution in [3.8, 4) is 35.0 Å². The number of methoxy groups -OCH3 is 3. The number of amides is 1. The Kier molecular flexibility index (Phi) is 10.4. The number of nitrogens with zero attached hydrogens (tertiary/aromatic N) is 5. The lowest BCUT2D eigenvalue weighted by Crippen LogP contribution is -2.41. The molecule has 6 rings (SSSR count). The molecule has 1 saturated carbocycles. The molecule has 2 aromatic heterocycles. The molecule has 3 aromatic rings. The van der Waals surface area contributed by atoms with Crippen LogP contribution in [-0.2, 0) is 9.53 Å². The number of carbonyl (C=O) groups is 1. The van der Waals surface area contributed by atoms with E-state index in [0.29, 0.717) is 61.1 Å². The number of rotatable bonds is 8.